The van der Waals surface area contributed by atoms with Crippen molar-refractivity contribution in [3.8, 4) is 11.5 Å². The van der Waals surface area contributed by atoms with Gasteiger partial charge in [0.05, 0.1) is 12.5 Å². The summed E-state index contributed by atoms with van der Waals surface area (Å²) in [4.78, 5) is 31.9. The van der Waals surface area contributed by atoms with Gasteiger partial charge in [0, 0.05) is 35.0 Å². The molecular formula is C28H32N2O4. The molecule has 1 amide bonds. The van der Waals surface area contributed by atoms with Gasteiger partial charge in [-0.2, -0.15) is 0 Å². The van der Waals surface area contributed by atoms with E-state index in [0.717, 1.165) is 22.5 Å². The lowest BCUT2D eigenvalue weighted by Crippen LogP contribution is -2.44. The first-order chi connectivity index (χ1) is 16.1. The summed E-state index contributed by atoms with van der Waals surface area (Å²) >= 11 is 0. The number of fused-ring (bicyclic) bond motifs is 1. The van der Waals surface area contributed by atoms with E-state index in [1.807, 2.05) is 45.0 Å². The highest BCUT2D eigenvalue weighted by Crippen LogP contribution is 2.48. The second-order valence-corrected chi connectivity index (χ2v) is 9.97. The molecule has 2 aromatic carbocycles. The average molecular weight is 461 g/mol. The Kier molecular flexibility index (Phi) is 6.34. The largest absolute Gasteiger partial charge is 0.504 e. The van der Waals surface area contributed by atoms with Crippen LogP contribution < -0.4 is 10.1 Å². The van der Waals surface area contributed by atoms with E-state index in [2.05, 4.69) is 19.2 Å². The third-order valence-electron chi connectivity index (χ3n) is 6.64. The first-order valence-corrected chi connectivity index (χ1v) is 11.7. The summed E-state index contributed by atoms with van der Waals surface area (Å²) in [6.45, 7) is 10.2. The minimum Gasteiger partial charge on any atom is -0.504 e. The van der Waals surface area contributed by atoms with Gasteiger partial charge in [0.25, 0.3) is 5.91 Å². The lowest BCUT2D eigenvalue weighted by molar-refractivity contribution is -0.124. The maximum Gasteiger partial charge on any atom is 0.254 e. The number of aryl methyl sites for hydroxylation is 1. The molecule has 0 saturated heterocycles. The van der Waals surface area contributed by atoms with Gasteiger partial charge in [0.1, 0.15) is 5.78 Å². The van der Waals surface area contributed by atoms with Gasteiger partial charge in [-0.1, -0.05) is 38.1 Å². The number of ketones is 1. The second kappa shape index (κ2) is 9.09. The number of hydrogen-bond acceptors (Lipinski definition) is 5. The fourth-order valence-electron chi connectivity index (χ4n) is 5.15. The number of nitrogens with zero attached hydrogens (tertiary/aromatic N) is 1. The lowest BCUT2D eigenvalue weighted by atomic mass is 9.63. The molecule has 6 heteroatoms. The maximum atomic E-state index is 13.7. The molecular weight excluding hydrogens is 428 g/mol. The van der Waals surface area contributed by atoms with Crippen molar-refractivity contribution >= 4 is 23.1 Å². The van der Waals surface area contributed by atoms with E-state index in [0.29, 0.717) is 36.5 Å². The minimum absolute atomic E-state index is 0.0259. The van der Waals surface area contributed by atoms with Crippen LogP contribution in [0.2, 0.25) is 0 Å². The van der Waals surface area contributed by atoms with Gasteiger partial charge < -0.3 is 15.2 Å². The van der Waals surface area contributed by atoms with E-state index in [1.54, 1.807) is 18.2 Å². The van der Waals surface area contributed by atoms with Crippen LogP contribution >= 0.6 is 0 Å². The topological polar surface area (TPSA) is 88.0 Å². The van der Waals surface area contributed by atoms with Gasteiger partial charge in [-0.25, -0.2) is 0 Å². The van der Waals surface area contributed by atoms with Crippen LogP contribution in [0.15, 0.2) is 58.7 Å². The fraction of sp³-hybridized carbons (Fsp3) is 0.393. The van der Waals surface area contributed by atoms with Crippen LogP contribution in [-0.4, -0.2) is 29.1 Å². The molecule has 2 aliphatic rings. The summed E-state index contributed by atoms with van der Waals surface area (Å²) in [5.41, 5.74) is 4.15. The summed E-state index contributed by atoms with van der Waals surface area (Å²) in [6, 6.07) is 12.7. The van der Waals surface area contributed by atoms with Crippen molar-refractivity contribution in [2.75, 3.05) is 11.9 Å². The fourth-order valence-corrected chi connectivity index (χ4v) is 5.15. The number of hydrogen-bond donors (Lipinski definition) is 2. The summed E-state index contributed by atoms with van der Waals surface area (Å²) in [7, 11) is 0. The Morgan fingerprint density at radius 2 is 1.88 bits per heavy atom. The zero-order chi connectivity index (χ0) is 24.6. The quantitative estimate of drug-likeness (QED) is 0.612. The number of phenols is 1. The number of carbonyl (C=O) groups is 2. The van der Waals surface area contributed by atoms with E-state index >= 15 is 0 Å². The van der Waals surface area contributed by atoms with Crippen molar-refractivity contribution in [2.24, 2.45) is 16.3 Å². The number of rotatable bonds is 5. The number of anilines is 1. The van der Waals surface area contributed by atoms with Gasteiger partial charge in [-0.15, -0.1) is 0 Å². The van der Waals surface area contributed by atoms with E-state index in [1.165, 1.54) is 0 Å². The number of Topliss-reactive ketones (excluding diaryl/α,β-unsaturated/α-hetero) is 1. The van der Waals surface area contributed by atoms with E-state index in [9.17, 15) is 14.7 Å². The summed E-state index contributed by atoms with van der Waals surface area (Å²) in [5, 5.41) is 13.3. The molecule has 0 radical (unpaired) electrons. The Hall–Kier alpha value is -3.41. The molecule has 2 atom stereocenters. The molecule has 0 spiro atoms. The number of amides is 1. The molecule has 6 nitrogen and oxygen atoms in total. The molecule has 0 bridgehead atoms. The van der Waals surface area contributed by atoms with Crippen molar-refractivity contribution in [3.63, 3.8) is 0 Å². The Morgan fingerprint density at radius 3 is 2.59 bits per heavy atom. The predicted molar refractivity (Wildman–Crippen MR) is 133 cm³/mol. The Balaban J connectivity index is 1.85. The third-order valence-corrected chi connectivity index (χ3v) is 6.64. The van der Waals surface area contributed by atoms with Crippen LogP contribution in [0, 0.1) is 18.3 Å². The molecule has 1 unspecified atom stereocenters. The normalized spacial score (nSPS) is 21.6. The van der Waals surface area contributed by atoms with Gasteiger partial charge in [0.2, 0.25) is 0 Å². The van der Waals surface area contributed by atoms with E-state index in [-0.39, 0.29) is 22.9 Å². The lowest BCUT2D eigenvalue weighted by Gasteiger charge is -2.41. The van der Waals surface area contributed by atoms with Gasteiger partial charge >= 0.3 is 0 Å². The number of benzene rings is 2. The van der Waals surface area contributed by atoms with Gasteiger partial charge in [0.15, 0.2) is 11.5 Å². The van der Waals surface area contributed by atoms with Crippen molar-refractivity contribution in [1.29, 1.82) is 0 Å². The summed E-state index contributed by atoms with van der Waals surface area (Å²) in [5.74, 6) is -0.863. The number of carbonyl (C=O) groups excluding carboxylic acids is 2. The van der Waals surface area contributed by atoms with Crippen molar-refractivity contribution in [2.45, 2.75) is 53.4 Å². The first kappa shape index (κ1) is 23.7. The molecule has 1 aliphatic carbocycles. The molecule has 4 rings (SSSR count). The Morgan fingerprint density at radius 1 is 1.15 bits per heavy atom. The highest BCUT2D eigenvalue weighted by Gasteiger charge is 2.47. The number of aromatic hydroxyl groups is 1. The second-order valence-electron chi connectivity index (χ2n) is 9.97. The van der Waals surface area contributed by atoms with Crippen LogP contribution in [0.3, 0.4) is 0 Å². The van der Waals surface area contributed by atoms with Crippen molar-refractivity contribution in [1.82, 2.24) is 0 Å². The molecule has 1 aliphatic heterocycles. The number of aliphatic imine (C=N–C) groups is 1. The number of phenolic OH excluding ortho intramolecular Hbond substituents is 1. The molecule has 1 heterocycles. The Bertz CT molecular complexity index is 1210. The predicted octanol–water partition coefficient (Wildman–Crippen LogP) is 5.56. The van der Waals surface area contributed by atoms with Crippen LogP contribution in [-0.2, 0) is 9.59 Å². The summed E-state index contributed by atoms with van der Waals surface area (Å²) in [6.07, 6.45) is 1.12. The van der Waals surface area contributed by atoms with Crippen LogP contribution in [0.25, 0.3) is 0 Å². The third kappa shape index (κ3) is 4.49. The van der Waals surface area contributed by atoms with E-state index in [4.69, 9.17) is 9.73 Å². The SMILES string of the molecule is CCOc1cc([C@@H]2C(C(=O)Nc3ccccc3C)=C(C)N=C3CC(C)(C)CC(=O)C32)ccc1O. The highest BCUT2D eigenvalue weighted by atomic mass is 16.5. The molecule has 2 aromatic rings. The first-order valence-electron chi connectivity index (χ1n) is 11.7. The van der Waals surface area contributed by atoms with Crippen LogP contribution in [0.5, 0.6) is 11.5 Å². The monoisotopic (exact) mass is 460 g/mol. The molecule has 1 fully saturated rings. The molecule has 0 aromatic heterocycles. The van der Waals surface area contributed by atoms with Gasteiger partial charge in [-0.05, 0) is 61.9 Å². The average Bonchev–Trinajstić information content (AvgIpc) is 2.75. The summed E-state index contributed by atoms with van der Waals surface area (Å²) < 4.78 is 5.62. The van der Waals surface area contributed by atoms with E-state index < -0.39 is 11.8 Å². The molecule has 2 N–H and O–H groups in total. The number of nitrogens with one attached hydrogen (secondary N) is 1. The molecule has 178 valence electrons. The molecule has 1 saturated carbocycles. The Labute approximate surface area is 200 Å². The minimum atomic E-state index is -0.520. The van der Waals surface area contributed by atoms with Crippen molar-refractivity contribution < 1.29 is 19.4 Å². The maximum absolute atomic E-state index is 13.7. The van der Waals surface area contributed by atoms with Crippen LogP contribution in [0.1, 0.15) is 57.6 Å². The van der Waals surface area contributed by atoms with Crippen molar-refractivity contribution in [3.05, 3.63) is 64.9 Å². The number of ether oxygens (including phenoxy) is 1. The zero-order valence-electron chi connectivity index (χ0n) is 20.4. The number of para-hydroxylation sites is 1. The number of allylic oxidation sites excluding steroid dienone is 1. The highest BCUT2D eigenvalue weighted by molar-refractivity contribution is 6.14. The molecule has 34 heavy (non-hydrogen) atoms. The zero-order valence-corrected chi connectivity index (χ0v) is 20.4. The van der Waals surface area contributed by atoms with Gasteiger partial charge in [-0.3, -0.25) is 14.6 Å². The standard InChI is InChI=1S/C28H32N2O4/c1-6-34-23-13-18(11-12-21(23)31)25-24(27(33)30-19-10-8-7-9-16(19)2)17(3)29-20-14-28(4,5)15-22(32)26(20)25/h7-13,25-26,31H,6,14-15H2,1-5H3,(H,30,33)/t25-,26?/m1/s1. The smallest absolute Gasteiger partial charge is 0.254 e. The van der Waals surface area contributed by atoms with Crippen LogP contribution in [0.4, 0.5) is 5.69 Å².